The summed E-state index contributed by atoms with van der Waals surface area (Å²) < 4.78 is 0. The predicted octanol–water partition coefficient (Wildman–Crippen LogP) is 3.75. The van der Waals surface area contributed by atoms with Crippen LogP contribution in [0.1, 0.15) is 44.6 Å². The minimum atomic E-state index is 0.606. The van der Waals surface area contributed by atoms with Crippen LogP contribution < -0.4 is 5.32 Å². The fourth-order valence-electron chi connectivity index (χ4n) is 2.85. The summed E-state index contributed by atoms with van der Waals surface area (Å²) in [5, 5.41) is 3.64. The van der Waals surface area contributed by atoms with Gasteiger partial charge in [-0.2, -0.15) is 0 Å². The Bertz CT molecular complexity index is 298. The van der Waals surface area contributed by atoms with E-state index in [9.17, 15) is 0 Å². The van der Waals surface area contributed by atoms with Crippen LogP contribution in [0.2, 0.25) is 0 Å². The molecular weight excluding hydrogens is 194 g/mol. The Labute approximate surface area is 99.3 Å². The van der Waals surface area contributed by atoms with E-state index in [1.54, 1.807) is 0 Å². The zero-order valence-corrected chi connectivity index (χ0v) is 10.3. The van der Waals surface area contributed by atoms with Gasteiger partial charge in [0, 0.05) is 13.1 Å². The van der Waals surface area contributed by atoms with Gasteiger partial charge in [-0.1, -0.05) is 50.1 Å². The summed E-state index contributed by atoms with van der Waals surface area (Å²) in [5.74, 6) is 0. The minimum absolute atomic E-state index is 0.606. The molecule has 0 heterocycles. The Kier molecular flexibility index (Phi) is 4.00. The summed E-state index contributed by atoms with van der Waals surface area (Å²) in [4.78, 5) is 0. The molecule has 0 radical (unpaired) electrons. The highest BCUT2D eigenvalue weighted by molar-refractivity contribution is 5.14. The maximum atomic E-state index is 3.64. The second-order valence-electron chi connectivity index (χ2n) is 5.15. The summed E-state index contributed by atoms with van der Waals surface area (Å²) in [6.45, 7) is 4.55. The Hall–Kier alpha value is -0.820. The SMILES string of the molecule is CCC1(CNCc2ccccc2)CCCC1. The zero-order chi connectivity index (χ0) is 11.3. The molecule has 1 aromatic rings. The smallest absolute Gasteiger partial charge is 0.0205 e. The van der Waals surface area contributed by atoms with Gasteiger partial charge in [-0.15, -0.1) is 0 Å². The second kappa shape index (κ2) is 5.49. The molecule has 0 saturated heterocycles. The lowest BCUT2D eigenvalue weighted by Gasteiger charge is -2.27. The van der Waals surface area contributed by atoms with Crippen LogP contribution in [0.15, 0.2) is 30.3 Å². The van der Waals surface area contributed by atoms with E-state index < -0.39 is 0 Å². The third-order valence-corrected chi connectivity index (χ3v) is 4.09. The van der Waals surface area contributed by atoms with Crippen LogP contribution in [-0.2, 0) is 6.54 Å². The molecule has 16 heavy (non-hydrogen) atoms. The molecule has 0 amide bonds. The molecule has 1 aliphatic carbocycles. The average Bonchev–Trinajstić information content (AvgIpc) is 2.80. The first-order valence-electron chi connectivity index (χ1n) is 6.59. The summed E-state index contributed by atoms with van der Waals surface area (Å²) in [6.07, 6.45) is 7.03. The van der Waals surface area contributed by atoms with Crippen LogP contribution in [0.4, 0.5) is 0 Å². The number of rotatable bonds is 5. The third-order valence-electron chi connectivity index (χ3n) is 4.09. The monoisotopic (exact) mass is 217 g/mol. The van der Waals surface area contributed by atoms with Crippen molar-refractivity contribution in [2.24, 2.45) is 5.41 Å². The van der Waals surface area contributed by atoms with E-state index in [2.05, 4.69) is 42.6 Å². The van der Waals surface area contributed by atoms with Crippen LogP contribution in [-0.4, -0.2) is 6.54 Å². The lowest BCUT2D eigenvalue weighted by atomic mass is 9.83. The second-order valence-corrected chi connectivity index (χ2v) is 5.15. The molecule has 0 bridgehead atoms. The van der Waals surface area contributed by atoms with E-state index in [1.807, 2.05) is 0 Å². The molecule has 0 atom stereocenters. The summed E-state index contributed by atoms with van der Waals surface area (Å²) >= 11 is 0. The number of hydrogen-bond acceptors (Lipinski definition) is 1. The van der Waals surface area contributed by atoms with Crippen molar-refractivity contribution in [3.63, 3.8) is 0 Å². The van der Waals surface area contributed by atoms with Gasteiger partial charge in [-0.25, -0.2) is 0 Å². The van der Waals surface area contributed by atoms with Gasteiger partial charge in [0.2, 0.25) is 0 Å². The Balaban J connectivity index is 1.79. The fourth-order valence-corrected chi connectivity index (χ4v) is 2.85. The predicted molar refractivity (Wildman–Crippen MR) is 69.3 cm³/mol. The quantitative estimate of drug-likeness (QED) is 0.792. The Morgan fingerprint density at radius 3 is 2.44 bits per heavy atom. The van der Waals surface area contributed by atoms with Gasteiger partial charge >= 0.3 is 0 Å². The molecule has 0 spiro atoms. The summed E-state index contributed by atoms with van der Waals surface area (Å²) in [6, 6.07) is 10.7. The number of nitrogens with one attached hydrogen (secondary N) is 1. The average molecular weight is 217 g/mol. The van der Waals surface area contributed by atoms with Gasteiger partial charge in [0.15, 0.2) is 0 Å². The van der Waals surface area contributed by atoms with Gasteiger partial charge in [-0.3, -0.25) is 0 Å². The number of benzene rings is 1. The highest BCUT2D eigenvalue weighted by Crippen LogP contribution is 2.40. The van der Waals surface area contributed by atoms with Crippen LogP contribution in [0.5, 0.6) is 0 Å². The van der Waals surface area contributed by atoms with Gasteiger partial charge in [-0.05, 0) is 30.2 Å². The van der Waals surface area contributed by atoms with Gasteiger partial charge in [0.05, 0.1) is 0 Å². The topological polar surface area (TPSA) is 12.0 Å². The molecule has 1 nitrogen and oxygen atoms in total. The van der Waals surface area contributed by atoms with E-state index >= 15 is 0 Å². The normalized spacial score (nSPS) is 18.8. The van der Waals surface area contributed by atoms with E-state index in [0.29, 0.717) is 5.41 Å². The maximum absolute atomic E-state index is 3.64. The van der Waals surface area contributed by atoms with Gasteiger partial charge in [0.1, 0.15) is 0 Å². The van der Waals surface area contributed by atoms with Crippen molar-refractivity contribution in [3.05, 3.63) is 35.9 Å². The molecule has 1 heteroatoms. The first kappa shape index (κ1) is 11.7. The molecule has 88 valence electrons. The van der Waals surface area contributed by atoms with E-state index in [4.69, 9.17) is 0 Å². The molecule has 2 rings (SSSR count). The van der Waals surface area contributed by atoms with Crippen LogP contribution in [0, 0.1) is 5.41 Å². The van der Waals surface area contributed by atoms with Crippen molar-refractivity contribution in [2.75, 3.05) is 6.54 Å². The zero-order valence-electron chi connectivity index (χ0n) is 10.3. The molecule has 0 aromatic heterocycles. The highest BCUT2D eigenvalue weighted by Gasteiger charge is 2.31. The first-order valence-corrected chi connectivity index (χ1v) is 6.59. The van der Waals surface area contributed by atoms with E-state index in [0.717, 1.165) is 6.54 Å². The molecular formula is C15H23N. The molecule has 0 aliphatic heterocycles. The lowest BCUT2D eigenvalue weighted by Crippen LogP contribution is -2.31. The highest BCUT2D eigenvalue weighted by atomic mass is 14.9. The van der Waals surface area contributed by atoms with E-state index in [-0.39, 0.29) is 0 Å². The summed E-state index contributed by atoms with van der Waals surface area (Å²) in [7, 11) is 0. The number of hydrogen-bond donors (Lipinski definition) is 1. The Morgan fingerprint density at radius 1 is 1.12 bits per heavy atom. The molecule has 1 aromatic carbocycles. The molecule has 1 aliphatic rings. The molecule has 1 fully saturated rings. The lowest BCUT2D eigenvalue weighted by molar-refractivity contribution is 0.268. The first-order chi connectivity index (χ1) is 7.85. The largest absolute Gasteiger partial charge is 0.312 e. The van der Waals surface area contributed by atoms with Crippen molar-refractivity contribution in [3.8, 4) is 0 Å². The maximum Gasteiger partial charge on any atom is 0.0205 e. The van der Waals surface area contributed by atoms with Crippen LogP contribution >= 0.6 is 0 Å². The molecule has 0 unspecified atom stereocenters. The van der Waals surface area contributed by atoms with Crippen molar-refractivity contribution in [2.45, 2.75) is 45.6 Å². The van der Waals surface area contributed by atoms with Crippen molar-refractivity contribution in [1.29, 1.82) is 0 Å². The van der Waals surface area contributed by atoms with Crippen molar-refractivity contribution < 1.29 is 0 Å². The molecule has 1 N–H and O–H groups in total. The van der Waals surface area contributed by atoms with E-state index in [1.165, 1.54) is 44.2 Å². The Morgan fingerprint density at radius 2 is 1.81 bits per heavy atom. The molecule has 1 saturated carbocycles. The third kappa shape index (κ3) is 2.85. The van der Waals surface area contributed by atoms with Crippen LogP contribution in [0.3, 0.4) is 0 Å². The van der Waals surface area contributed by atoms with Crippen LogP contribution in [0.25, 0.3) is 0 Å². The van der Waals surface area contributed by atoms with Gasteiger partial charge in [0.25, 0.3) is 0 Å². The van der Waals surface area contributed by atoms with Crippen molar-refractivity contribution >= 4 is 0 Å². The minimum Gasteiger partial charge on any atom is -0.312 e. The summed E-state index contributed by atoms with van der Waals surface area (Å²) in [5.41, 5.74) is 2.00. The van der Waals surface area contributed by atoms with Gasteiger partial charge < -0.3 is 5.32 Å². The van der Waals surface area contributed by atoms with Crippen molar-refractivity contribution in [1.82, 2.24) is 5.32 Å². The standard InChI is InChI=1S/C15H23N/c1-2-15(10-6-7-11-15)13-16-12-14-8-4-3-5-9-14/h3-5,8-9,16H,2,6-7,10-13H2,1H3. The fraction of sp³-hybridized carbons (Fsp3) is 0.600.